The van der Waals surface area contributed by atoms with Crippen LogP contribution in [0.5, 0.6) is 0 Å². The average molecular weight is 238 g/mol. The SMILES string of the molecule is Brc1cccc(C23CC(CN2)C3)c1. The summed E-state index contributed by atoms with van der Waals surface area (Å²) in [4.78, 5) is 0. The van der Waals surface area contributed by atoms with Gasteiger partial charge >= 0.3 is 0 Å². The van der Waals surface area contributed by atoms with Crippen molar-refractivity contribution < 1.29 is 0 Å². The van der Waals surface area contributed by atoms with E-state index in [0.29, 0.717) is 5.54 Å². The van der Waals surface area contributed by atoms with Crippen molar-refractivity contribution in [3.8, 4) is 0 Å². The standard InChI is InChI=1S/C11H12BrN/c12-10-3-1-2-9(4-10)11-5-8(6-11)7-13-11/h1-4,8,13H,5-7H2. The predicted octanol–water partition coefficient (Wildman–Crippen LogP) is 2.66. The fourth-order valence-corrected chi connectivity index (χ4v) is 3.08. The molecule has 2 aliphatic heterocycles. The van der Waals surface area contributed by atoms with Gasteiger partial charge < -0.3 is 5.32 Å². The molecule has 2 heterocycles. The summed E-state index contributed by atoms with van der Waals surface area (Å²) in [5.74, 6) is 0.944. The molecule has 68 valence electrons. The van der Waals surface area contributed by atoms with Gasteiger partial charge in [-0.15, -0.1) is 0 Å². The van der Waals surface area contributed by atoms with Crippen molar-refractivity contribution in [1.29, 1.82) is 0 Å². The molecule has 1 N–H and O–H groups in total. The van der Waals surface area contributed by atoms with Crippen molar-refractivity contribution in [1.82, 2.24) is 5.32 Å². The molecule has 2 bridgehead atoms. The van der Waals surface area contributed by atoms with Crippen LogP contribution >= 0.6 is 15.9 Å². The van der Waals surface area contributed by atoms with Crippen molar-refractivity contribution >= 4 is 15.9 Å². The van der Waals surface area contributed by atoms with E-state index in [1.165, 1.54) is 29.4 Å². The predicted molar refractivity (Wildman–Crippen MR) is 56.5 cm³/mol. The molecular formula is C11H12BrN. The van der Waals surface area contributed by atoms with Crippen LogP contribution in [0.1, 0.15) is 18.4 Å². The minimum atomic E-state index is 0.342. The largest absolute Gasteiger partial charge is 0.307 e. The molecule has 0 radical (unpaired) electrons. The molecule has 1 aliphatic carbocycles. The summed E-state index contributed by atoms with van der Waals surface area (Å²) in [6.45, 7) is 1.21. The summed E-state index contributed by atoms with van der Waals surface area (Å²) in [7, 11) is 0. The lowest BCUT2D eigenvalue weighted by molar-refractivity contribution is 0.229. The first-order chi connectivity index (χ1) is 6.28. The summed E-state index contributed by atoms with van der Waals surface area (Å²) < 4.78 is 1.19. The number of halogens is 1. The van der Waals surface area contributed by atoms with E-state index in [9.17, 15) is 0 Å². The maximum absolute atomic E-state index is 3.63. The molecule has 1 aromatic carbocycles. The summed E-state index contributed by atoms with van der Waals surface area (Å²) in [6.07, 6.45) is 2.67. The average Bonchev–Trinajstić information content (AvgIpc) is 2.61. The number of benzene rings is 1. The number of nitrogens with one attached hydrogen (secondary N) is 1. The number of hydrogen-bond donors (Lipinski definition) is 1. The highest BCUT2D eigenvalue weighted by molar-refractivity contribution is 9.10. The molecule has 0 amide bonds. The lowest BCUT2D eigenvalue weighted by atomic mass is 9.70. The molecule has 0 atom stereocenters. The molecule has 1 aromatic rings. The van der Waals surface area contributed by atoms with Gasteiger partial charge in [-0.2, -0.15) is 0 Å². The Labute approximate surface area is 86.7 Å². The molecule has 1 saturated carbocycles. The van der Waals surface area contributed by atoms with Crippen LogP contribution in [0.4, 0.5) is 0 Å². The third-order valence-electron chi connectivity index (χ3n) is 3.38. The molecule has 2 heteroatoms. The van der Waals surface area contributed by atoms with Crippen LogP contribution in [-0.2, 0) is 5.54 Å². The Kier molecular flexibility index (Phi) is 1.59. The van der Waals surface area contributed by atoms with Gasteiger partial charge in [-0.05, 0) is 43.0 Å². The van der Waals surface area contributed by atoms with Gasteiger partial charge in [-0.1, -0.05) is 28.1 Å². The molecule has 2 saturated heterocycles. The lowest BCUT2D eigenvalue weighted by Gasteiger charge is -2.38. The van der Waals surface area contributed by atoms with Gasteiger partial charge in [0.2, 0.25) is 0 Å². The Morgan fingerprint density at radius 3 is 2.85 bits per heavy atom. The zero-order chi connectivity index (χ0) is 8.89. The maximum Gasteiger partial charge on any atom is 0.0441 e. The first kappa shape index (κ1) is 8.01. The van der Waals surface area contributed by atoms with E-state index in [0.717, 1.165) is 5.92 Å². The highest BCUT2D eigenvalue weighted by Crippen LogP contribution is 2.50. The summed E-state index contributed by atoms with van der Waals surface area (Å²) in [6, 6.07) is 8.70. The fraction of sp³-hybridized carbons (Fsp3) is 0.455. The Hall–Kier alpha value is -0.340. The molecule has 0 aromatic heterocycles. The second-order valence-electron chi connectivity index (χ2n) is 4.25. The monoisotopic (exact) mass is 237 g/mol. The third-order valence-corrected chi connectivity index (χ3v) is 3.87. The van der Waals surface area contributed by atoms with Crippen LogP contribution in [0.3, 0.4) is 0 Å². The maximum atomic E-state index is 3.63. The number of rotatable bonds is 1. The topological polar surface area (TPSA) is 12.0 Å². The summed E-state index contributed by atoms with van der Waals surface area (Å²) in [5.41, 5.74) is 1.80. The van der Waals surface area contributed by atoms with Crippen molar-refractivity contribution in [2.24, 2.45) is 5.92 Å². The van der Waals surface area contributed by atoms with Gasteiger partial charge in [0.25, 0.3) is 0 Å². The van der Waals surface area contributed by atoms with Gasteiger partial charge in [0, 0.05) is 10.0 Å². The molecule has 0 unspecified atom stereocenters. The zero-order valence-corrected chi connectivity index (χ0v) is 8.97. The van der Waals surface area contributed by atoms with Gasteiger partial charge in [0.05, 0.1) is 0 Å². The molecule has 4 rings (SSSR count). The molecule has 1 nitrogen and oxygen atoms in total. The third kappa shape index (κ3) is 1.09. The van der Waals surface area contributed by atoms with Crippen molar-refractivity contribution in [2.75, 3.05) is 6.54 Å². The smallest absolute Gasteiger partial charge is 0.0441 e. The first-order valence-electron chi connectivity index (χ1n) is 4.80. The highest BCUT2D eigenvalue weighted by Gasteiger charge is 2.50. The molecule has 13 heavy (non-hydrogen) atoms. The van der Waals surface area contributed by atoms with Crippen molar-refractivity contribution in [3.05, 3.63) is 34.3 Å². The molecule has 3 aliphatic rings. The van der Waals surface area contributed by atoms with Crippen LogP contribution < -0.4 is 5.32 Å². The van der Waals surface area contributed by atoms with Gasteiger partial charge in [-0.3, -0.25) is 0 Å². The van der Waals surface area contributed by atoms with E-state index in [-0.39, 0.29) is 0 Å². The summed E-state index contributed by atoms with van der Waals surface area (Å²) >= 11 is 3.52. The van der Waals surface area contributed by atoms with E-state index < -0.39 is 0 Å². The molecular weight excluding hydrogens is 226 g/mol. The second kappa shape index (κ2) is 2.58. The molecule has 3 fully saturated rings. The zero-order valence-electron chi connectivity index (χ0n) is 7.39. The Morgan fingerprint density at radius 2 is 2.23 bits per heavy atom. The van der Waals surface area contributed by atoms with Crippen molar-refractivity contribution in [2.45, 2.75) is 18.4 Å². The minimum Gasteiger partial charge on any atom is -0.307 e. The number of fused-ring (bicyclic) bond motifs is 1. The van der Waals surface area contributed by atoms with Gasteiger partial charge in [0.15, 0.2) is 0 Å². The van der Waals surface area contributed by atoms with Crippen LogP contribution in [0, 0.1) is 5.92 Å². The number of hydrogen-bond acceptors (Lipinski definition) is 1. The van der Waals surface area contributed by atoms with Gasteiger partial charge in [-0.25, -0.2) is 0 Å². The Bertz CT molecular complexity index is 336. The second-order valence-corrected chi connectivity index (χ2v) is 5.16. The molecule has 0 spiro atoms. The van der Waals surface area contributed by atoms with E-state index in [2.05, 4.69) is 45.5 Å². The minimum absolute atomic E-state index is 0.342. The van der Waals surface area contributed by atoms with Crippen molar-refractivity contribution in [3.63, 3.8) is 0 Å². The van der Waals surface area contributed by atoms with E-state index >= 15 is 0 Å². The van der Waals surface area contributed by atoms with Crippen LogP contribution in [-0.4, -0.2) is 6.54 Å². The fourth-order valence-electron chi connectivity index (χ4n) is 2.68. The lowest BCUT2D eigenvalue weighted by Crippen LogP contribution is -2.39. The van der Waals surface area contributed by atoms with Crippen LogP contribution in [0.25, 0.3) is 0 Å². The van der Waals surface area contributed by atoms with E-state index in [1.807, 2.05) is 0 Å². The Morgan fingerprint density at radius 1 is 1.38 bits per heavy atom. The van der Waals surface area contributed by atoms with Crippen LogP contribution in [0.2, 0.25) is 0 Å². The highest BCUT2D eigenvalue weighted by atomic mass is 79.9. The van der Waals surface area contributed by atoms with Crippen LogP contribution in [0.15, 0.2) is 28.7 Å². The summed E-state index contributed by atoms with van der Waals surface area (Å²) in [5, 5.41) is 3.63. The van der Waals surface area contributed by atoms with Gasteiger partial charge in [0.1, 0.15) is 0 Å². The normalized spacial score (nSPS) is 35.9. The Balaban J connectivity index is 2.00. The first-order valence-corrected chi connectivity index (χ1v) is 5.59. The van der Waals surface area contributed by atoms with E-state index in [4.69, 9.17) is 0 Å². The van der Waals surface area contributed by atoms with E-state index in [1.54, 1.807) is 0 Å². The quantitative estimate of drug-likeness (QED) is 0.793.